The quantitative estimate of drug-likeness (QED) is 0.481. The number of hydrogen-bond acceptors (Lipinski definition) is 5. The van der Waals surface area contributed by atoms with Crippen molar-refractivity contribution in [2.45, 2.75) is 48.4 Å². The SMILES string of the molecule is O=C(Nn1cnnc1)[C@@](F)(OC(F)(F)[C@](F)(OC(F)(F)C(F)(F)C(F)(F)F)C(F)(F)F)C(F)(F)F. The van der Waals surface area contributed by atoms with E-state index < -0.39 is 54.3 Å². The van der Waals surface area contributed by atoms with Crippen molar-refractivity contribution in [3.63, 3.8) is 0 Å². The Bertz CT molecular complexity index is 895. The predicted molar refractivity (Wildman–Crippen MR) is 67.2 cm³/mol. The lowest BCUT2D eigenvalue weighted by molar-refractivity contribution is -0.548. The number of alkyl halides is 17. The Labute approximate surface area is 177 Å². The normalized spacial score (nSPS) is 18.1. The number of halogens is 17. The van der Waals surface area contributed by atoms with Gasteiger partial charge in [0.2, 0.25) is 0 Å². The van der Waals surface area contributed by atoms with Crippen LogP contribution >= 0.6 is 0 Å². The van der Waals surface area contributed by atoms with Crippen LogP contribution in [0.3, 0.4) is 0 Å². The Morgan fingerprint density at radius 2 is 1.06 bits per heavy atom. The molecule has 0 unspecified atom stereocenters. The lowest BCUT2D eigenvalue weighted by Crippen LogP contribution is -2.68. The van der Waals surface area contributed by atoms with E-state index in [1.165, 1.54) is 4.74 Å². The third kappa shape index (κ3) is 5.30. The minimum Gasteiger partial charge on any atom is -0.266 e. The van der Waals surface area contributed by atoms with Crippen molar-refractivity contribution in [1.82, 2.24) is 14.9 Å². The Balaban J connectivity index is 3.60. The summed E-state index contributed by atoms with van der Waals surface area (Å²) < 4.78 is 223. The molecule has 0 aliphatic carbocycles. The Hall–Kier alpha value is -2.66. The van der Waals surface area contributed by atoms with E-state index in [4.69, 9.17) is 0 Å². The van der Waals surface area contributed by atoms with Gasteiger partial charge in [0, 0.05) is 0 Å². The van der Waals surface area contributed by atoms with Gasteiger partial charge in [0.1, 0.15) is 12.7 Å². The molecule has 0 aliphatic rings. The first kappa shape index (κ1) is 30.4. The van der Waals surface area contributed by atoms with E-state index in [0.29, 0.717) is 5.43 Å². The summed E-state index contributed by atoms with van der Waals surface area (Å²) in [4.78, 5) is 11.4. The first-order valence-corrected chi connectivity index (χ1v) is 7.44. The number of nitrogens with one attached hydrogen (secondary N) is 1. The number of carbonyl (C=O) groups excluding carboxylic acids is 1. The van der Waals surface area contributed by atoms with E-state index in [1.807, 2.05) is 4.74 Å². The highest BCUT2D eigenvalue weighted by Gasteiger charge is 2.85. The summed E-state index contributed by atoms with van der Waals surface area (Å²) in [5.74, 6) is -26.4. The summed E-state index contributed by atoms with van der Waals surface area (Å²) >= 11 is 0. The second-order valence-corrected chi connectivity index (χ2v) is 5.81. The Kier molecular flexibility index (Phi) is 7.36. The van der Waals surface area contributed by atoms with Crippen LogP contribution in [0.5, 0.6) is 0 Å². The van der Waals surface area contributed by atoms with E-state index in [9.17, 15) is 79.4 Å². The fourth-order valence-electron chi connectivity index (χ4n) is 1.61. The molecule has 0 fully saturated rings. The largest absolute Gasteiger partial charge is 0.462 e. The molecule has 2 atom stereocenters. The number of ether oxygens (including phenoxy) is 2. The van der Waals surface area contributed by atoms with Crippen molar-refractivity contribution in [3.05, 3.63) is 12.7 Å². The van der Waals surface area contributed by atoms with E-state index in [2.05, 4.69) is 10.2 Å². The van der Waals surface area contributed by atoms with Crippen LogP contribution in [0.15, 0.2) is 12.7 Å². The molecule has 1 rings (SSSR count). The van der Waals surface area contributed by atoms with Crippen molar-refractivity contribution in [2.24, 2.45) is 0 Å². The second-order valence-electron chi connectivity index (χ2n) is 5.81. The topological polar surface area (TPSA) is 78.3 Å². The molecular formula is C11H3F17N4O3. The van der Waals surface area contributed by atoms with Gasteiger partial charge in [-0.15, -0.1) is 10.2 Å². The fourth-order valence-corrected chi connectivity index (χ4v) is 1.61. The number of hydrogen-bond donors (Lipinski definition) is 1. The third-order valence-electron chi connectivity index (χ3n) is 3.30. The number of aromatic nitrogens is 3. The van der Waals surface area contributed by atoms with Crippen LogP contribution in [0.2, 0.25) is 0 Å². The zero-order valence-corrected chi connectivity index (χ0v) is 15.1. The molecule has 1 N–H and O–H groups in total. The first-order chi connectivity index (χ1) is 15.2. The van der Waals surface area contributed by atoms with Crippen molar-refractivity contribution in [3.8, 4) is 0 Å². The smallest absolute Gasteiger partial charge is 0.266 e. The van der Waals surface area contributed by atoms with Gasteiger partial charge in [-0.25, -0.2) is 4.68 Å². The van der Waals surface area contributed by atoms with Gasteiger partial charge in [0.05, 0.1) is 0 Å². The van der Waals surface area contributed by atoms with E-state index in [-0.39, 0.29) is 17.3 Å². The molecule has 0 saturated carbocycles. The zero-order chi connectivity index (χ0) is 28.1. The van der Waals surface area contributed by atoms with Gasteiger partial charge in [-0.3, -0.25) is 19.7 Å². The maximum absolute atomic E-state index is 14.2. The monoisotopic (exact) mass is 562 g/mol. The molecular weight excluding hydrogens is 559 g/mol. The molecule has 0 spiro atoms. The summed E-state index contributed by atoms with van der Waals surface area (Å²) in [5.41, 5.74) is 0.612. The van der Waals surface area contributed by atoms with Crippen molar-refractivity contribution >= 4 is 5.91 Å². The number of nitrogens with zero attached hydrogens (tertiary/aromatic N) is 3. The highest BCUT2D eigenvalue weighted by atomic mass is 19.4. The molecule has 0 saturated heterocycles. The van der Waals surface area contributed by atoms with Crippen LogP contribution in [0.1, 0.15) is 0 Å². The van der Waals surface area contributed by atoms with Gasteiger partial charge in [-0.05, 0) is 0 Å². The molecule has 204 valence electrons. The molecule has 24 heteroatoms. The van der Waals surface area contributed by atoms with Crippen LogP contribution in [0, 0.1) is 0 Å². The molecule has 7 nitrogen and oxygen atoms in total. The molecule has 1 aromatic rings. The maximum atomic E-state index is 14.2. The molecule has 0 radical (unpaired) electrons. The number of amides is 1. The average Bonchev–Trinajstić information content (AvgIpc) is 3.10. The van der Waals surface area contributed by atoms with Crippen LogP contribution < -0.4 is 5.43 Å². The van der Waals surface area contributed by atoms with Gasteiger partial charge in [-0.1, -0.05) is 0 Å². The van der Waals surface area contributed by atoms with Gasteiger partial charge < -0.3 is 0 Å². The minimum absolute atomic E-state index is 0.185. The summed E-state index contributed by atoms with van der Waals surface area (Å²) in [5, 5.41) is 5.56. The minimum atomic E-state index is -8.07. The summed E-state index contributed by atoms with van der Waals surface area (Å²) in [6.45, 7) is 0. The Morgan fingerprint density at radius 3 is 1.40 bits per heavy atom. The van der Waals surface area contributed by atoms with E-state index >= 15 is 0 Å². The van der Waals surface area contributed by atoms with Gasteiger partial charge in [0.25, 0.3) is 0 Å². The van der Waals surface area contributed by atoms with Crippen molar-refractivity contribution < 1.29 is 88.9 Å². The van der Waals surface area contributed by atoms with Gasteiger partial charge >= 0.3 is 54.3 Å². The van der Waals surface area contributed by atoms with Crippen LogP contribution in [-0.4, -0.2) is 69.2 Å². The highest BCUT2D eigenvalue weighted by Crippen LogP contribution is 2.56. The molecule has 35 heavy (non-hydrogen) atoms. The standard InChI is InChI=1S/C11H3F17N4O3/c12-4(7(16,17)18,3(33)31-32-1-29-30-2-32)34-11(27,28)6(15,9(22,23)24)35-10(25,26)5(13,14)8(19,20)21/h1-2H,(H,31,33)/t4-,6-/m1/s1. The molecule has 1 aromatic heterocycles. The lowest BCUT2D eigenvalue weighted by atomic mass is 10.2. The molecule has 1 heterocycles. The molecule has 0 aliphatic heterocycles. The summed E-state index contributed by atoms with van der Waals surface area (Å²) in [7, 11) is 0. The van der Waals surface area contributed by atoms with Crippen molar-refractivity contribution in [1.29, 1.82) is 0 Å². The number of carbonyl (C=O) groups is 1. The van der Waals surface area contributed by atoms with Crippen LogP contribution in [0.4, 0.5) is 74.6 Å². The van der Waals surface area contributed by atoms with Crippen molar-refractivity contribution in [2.75, 3.05) is 5.43 Å². The fraction of sp³-hybridized carbons (Fsp3) is 0.727. The van der Waals surface area contributed by atoms with Crippen LogP contribution in [-0.2, 0) is 14.3 Å². The maximum Gasteiger partial charge on any atom is 0.462 e. The summed E-state index contributed by atoms with van der Waals surface area (Å²) in [6.07, 6.45) is -38.3. The molecule has 0 bridgehead atoms. The Morgan fingerprint density at radius 1 is 0.629 bits per heavy atom. The second kappa shape index (κ2) is 8.48. The van der Waals surface area contributed by atoms with E-state index in [0.717, 1.165) is 0 Å². The first-order valence-electron chi connectivity index (χ1n) is 7.44. The third-order valence-corrected chi connectivity index (χ3v) is 3.30. The molecule has 0 aromatic carbocycles. The molecule has 1 amide bonds. The average molecular weight is 562 g/mol. The van der Waals surface area contributed by atoms with E-state index in [1.54, 1.807) is 0 Å². The zero-order valence-electron chi connectivity index (χ0n) is 15.1. The highest BCUT2D eigenvalue weighted by molar-refractivity contribution is 5.91. The van der Waals surface area contributed by atoms with Crippen LogP contribution in [0.25, 0.3) is 0 Å². The van der Waals surface area contributed by atoms with Gasteiger partial charge in [0.15, 0.2) is 0 Å². The predicted octanol–water partition coefficient (Wildman–Crippen LogP) is 4.22. The lowest BCUT2D eigenvalue weighted by Gasteiger charge is -2.40. The summed E-state index contributed by atoms with van der Waals surface area (Å²) in [6, 6.07) is 0. The number of rotatable bonds is 8. The van der Waals surface area contributed by atoms with Gasteiger partial charge in [-0.2, -0.15) is 74.6 Å².